The molecule has 2 aromatic carbocycles. The van der Waals surface area contributed by atoms with Crippen molar-refractivity contribution in [2.24, 2.45) is 5.10 Å². The van der Waals surface area contributed by atoms with Gasteiger partial charge in [-0.05, 0) is 31.2 Å². The van der Waals surface area contributed by atoms with Crippen molar-refractivity contribution in [3.8, 4) is 17.3 Å². The van der Waals surface area contributed by atoms with Crippen LogP contribution in [0.2, 0.25) is 0 Å². The molecule has 0 radical (unpaired) electrons. The first-order valence-corrected chi connectivity index (χ1v) is 8.06. The molecule has 118 valence electrons. The molecular weight excluding hydrogens is 323 g/mol. The molecule has 0 aliphatic rings. The standard InChI is InChI=1S/C18H13FN4S/c1-12-2-4-13(5-3-12)17-11-24-18(21-17)16(10-20)23-22-15-8-6-14(19)7-9-15/h2-9,11,22H,1H3. The number of nitriles is 1. The maximum Gasteiger partial charge on any atom is 0.196 e. The van der Waals surface area contributed by atoms with Gasteiger partial charge in [-0.3, -0.25) is 5.43 Å². The lowest BCUT2D eigenvalue weighted by atomic mass is 10.1. The number of rotatable bonds is 4. The number of aryl methyl sites for hydroxylation is 1. The number of benzene rings is 2. The molecule has 0 saturated heterocycles. The van der Waals surface area contributed by atoms with E-state index in [1.54, 1.807) is 12.1 Å². The minimum atomic E-state index is -0.326. The third kappa shape index (κ3) is 3.65. The van der Waals surface area contributed by atoms with Crippen molar-refractivity contribution in [1.82, 2.24) is 4.98 Å². The Kier molecular flexibility index (Phi) is 4.64. The fourth-order valence-corrected chi connectivity index (χ4v) is 2.77. The molecule has 0 aliphatic carbocycles. The van der Waals surface area contributed by atoms with Crippen molar-refractivity contribution >= 4 is 22.7 Å². The SMILES string of the molecule is Cc1ccc(-c2csc(C(C#N)=NNc3ccc(F)cc3)n2)cc1. The van der Waals surface area contributed by atoms with Gasteiger partial charge in [0.25, 0.3) is 0 Å². The molecule has 1 N–H and O–H groups in total. The van der Waals surface area contributed by atoms with Gasteiger partial charge < -0.3 is 0 Å². The molecule has 0 unspecified atom stereocenters. The average molecular weight is 336 g/mol. The molecule has 0 bridgehead atoms. The first kappa shape index (κ1) is 15.8. The molecule has 4 nitrogen and oxygen atoms in total. The molecule has 0 saturated carbocycles. The molecule has 0 fully saturated rings. The van der Waals surface area contributed by atoms with Gasteiger partial charge in [-0.2, -0.15) is 10.4 Å². The van der Waals surface area contributed by atoms with E-state index in [1.807, 2.05) is 42.6 Å². The number of hydrogen-bond donors (Lipinski definition) is 1. The van der Waals surface area contributed by atoms with Crippen LogP contribution in [0.5, 0.6) is 0 Å². The minimum absolute atomic E-state index is 0.183. The highest BCUT2D eigenvalue weighted by Crippen LogP contribution is 2.22. The highest BCUT2D eigenvalue weighted by molar-refractivity contribution is 7.12. The van der Waals surface area contributed by atoms with Crippen molar-refractivity contribution in [2.75, 3.05) is 5.43 Å². The first-order chi connectivity index (χ1) is 11.7. The van der Waals surface area contributed by atoms with Gasteiger partial charge in [0.1, 0.15) is 11.9 Å². The number of nitrogens with zero attached hydrogens (tertiary/aromatic N) is 3. The second-order valence-electron chi connectivity index (χ2n) is 5.09. The maximum atomic E-state index is 12.9. The molecule has 1 aromatic heterocycles. The van der Waals surface area contributed by atoms with E-state index in [-0.39, 0.29) is 11.5 Å². The summed E-state index contributed by atoms with van der Waals surface area (Å²) in [5, 5.41) is 15.8. The third-order valence-corrected chi connectivity index (χ3v) is 4.15. The molecule has 0 aliphatic heterocycles. The molecular formula is C18H13FN4S. The second kappa shape index (κ2) is 7.02. The smallest absolute Gasteiger partial charge is 0.196 e. The van der Waals surface area contributed by atoms with Crippen molar-refractivity contribution in [3.63, 3.8) is 0 Å². The van der Waals surface area contributed by atoms with Crippen molar-refractivity contribution in [1.29, 1.82) is 5.26 Å². The summed E-state index contributed by atoms with van der Waals surface area (Å²) in [4.78, 5) is 4.47. The Hall–Kier alpha value is -3.04. The Bertz CT molecular complexity index is 905. The Morgan fingerprint density at radius 1 is 1.17 bits per heavy atom. The monoisotopic (exact) mass is 336 g/mol. The van der Waals surface area contributed by atoms with Gasteiger partial charge in [0.15, 0.2) is 10.7 Å². The lowest BCUT2D eigenvalue weighted by Gasteiger charge is -2.00. The average Bonchev–Trinajstić information content (AvgIpc) is 3.08. The van der Waals surface area contributed by atoms with E-state index in [9.17, 15) is 9.65 Å². The quantitative estimate of drug-likeness (QED) is 0.559. The Morgan fingerprint density at radius 3 is 2.54 bits per heavy atom. The van der Waals surface area contributed by atoms with Crippen LogP contribution in [0.25, 0.3) is 11.3 Å². The first-order valence-electron chi connectivity index (χ1n) is 7.18. The van der Waals surface area contributed by atoms with E-state index in [1.165, 1.54) is 29.0 Å². The lowest BCUT2D eigenvalue weighted by Crippen LogP contribution is -2.01. The zero-order valence-electron chi connectivity index (χ0n) is 12.8. The van der Waals surface area contributed by atoms with E-state index < -0.39 is 0 Å². The van der Waals surface area contributed by atoms with Gasteiger partial charge in [-0.15, -0.1) is 11.3 Å². The Labute approximate surface area is 142 Å². The van der Waals surface area contributed by atoms with Gasteiger partial charge in [-0.25, -0.2) is 9.37 Å². The minimum Gasteiger partial charge on any atom is -0.277 e. The van der Waals surface area contributed by atoms with Gasteiger partial charge in [0, 0.05) is 10.9 Å². The molecule has 0 atom stereocenters. The number of hydrazone groups is 1. The molecule has 3 aromatic rings. The third-order valence-electron chi connectivity index (χ3n) is 3.30. The summed E-state index contributed by atoms with van der Waals surface area (Å²) in [6.45, 7) is 2.03. The lowest BCUT2D eigenvalue weighted by molar-refractivity contribution is 0.628. The summed E-state index contributed by atoms with van der Waals surface area (Å²) in [7, 11) is 0. The van der Waals surface area contributed by atoms with Crippen LogP contribution in [-0.2, 0) is 0 Å². The summed E-state index contributed by atoms with van der Waals surface area (Å²) in [5.41, 5.74) is 6.50. The van der Waals surface area contributed by atoms with Crippen LogP contribution < -0.4 is 5.43 Å². The van der Waals surface area contributed by atoms with Gasteiger partial charge in [0.2, 0.25) is 0 Å². The van der Waals surface area contributed by atoms with Crippen molar-refractivity contribution in [2.45, 2.75) is 6.92 Å². The van der Waals surface area contributed by atoms with E-state index >= 15 is 0 Å². The predicted molar refractivity (Wildman–Crippen MR) is 94.5 cm³/mol. The van der Waals surface area contributed by atoms with Crippen molar-refractivity contribution in [3.05, 3.63) is 70.3 Å². The van der Waals surface area contributed by atoms with Crippen LogP contribution >= 0.6 is 11.3 Å². The summed E-state index contributed by atoms with van der Waals surface area (Å²) in [5.74, 6) is -0.326. The fraction of sp³-hybridized carbons (Fsp3) is 0.0556. The van der Waals surface area contributed by atoms with Crippen LogP contribution in [-0.4, -0.2) is 10.7 Å². The number of halogens is 1. The highest BCUT2D eigenvalue weighted by Gasteiger charge is 2.10. The van der Waals surface area contributed by atoms with Crippen LogP contribution in [0.1, 0.15) is 10.6 Å². The van der Waals surface area contributed by atoms with E-state index in [0.29, 0.717) is 10.7 Å². The Morgan fingerprint density at radius 2 is 1.88 bits per heavy atom. The molecule has 1 heterocycles. The molecule has 3 rings (SSSR count). The largest absolute Gasteiger partial charge is 0.277 e. The predicted octanol–water partition coefficient (Wildman–Crippen LogP) is 4.60. The molecule has 0 amide bonds. The van der Waals surface area contributed by atoms with Gasteiger partial charge >= 0.3 is 0 Å². The zero-order chi connectivity index (χ0) is 16.9. The summed E-state index contributed by atoms with van der Waals surface area (Å²) >= 11 is 1.35. The topological polar surface area (TPSA) is 61.1 Å². The second-order valence-corrected chi connectivity index (χ2v) is 5.95. The number of aromatic nitrogens is 1. The van der Waals surface area contributed by atoms with E-state index in [4.69, 9.17) is 0 Å². The van der Waals surface area contributed by atoms with Gasteiger partial charge in [0.05, 0.1) is 11.4 Å². The fourth-order valence-electron chi connectivity index (χ4n) is 2.00. The van der Waals surface area contributed by atoms with Crippen LogP contribution in [0, 0.1) is 24.1 Å². The van der Waals surface area contributed by atoms with E-state index in [2.05, 4.69) is 15.5 Å². The van der Waals surface area contributed by atoms with Crippen LogP contribution in [0.4, 0.5) is 10.1 Å². The highest BCUT2D eigenvalue weighted by atomic mass is 32.1. The number of thiazole rings is 1. The van der Waals surface area contributed by atoms with E-state index in [0.717, 1.165) is 11.3 Å². The van der Waals surface area contributed by atoms with Crippen molar-refractivity contribution < 1.29 is 4.39 Å². The summed E-state index contributed by atoms with van der Waals surface area (Å²) in [6.07, 6.45) is 0. The number of hydrogen-bond acceptors (Lipinski definition) is 5. The molecule has 6 heteroatoms. The van der Waals surface area contributed by atoms with Crippen LogP contribution in [0.3, 0.4) is 0 Å². The summed E-state index contributed by atoms with van der Waals surface area (Å²) < 4.78 is 12.9. The molecule has 24 heavy (non-hydrogen) atoms. The number of anilines is 1. The zero-order valence-corrected chi connectivity index (χ0v) is 13.6. The number of nitrogens with one attached hydrogen (secondary N) is 1. The van der Waals surface area contributed by atoms with Crippen LogP contribution in [0.15, 0.2) is 59.0 Å². The molecule has 0 spiro atoms. The Balaban J connectivity index is 1.81. The summed E-state index contributed by atoms with van der Waals surface area (Å²) in [6, 6.07) is 15.8. The normalized spacial score (nSPS) is 11.1. The maximum absolute atomic E-state index is 12.9. The van der Waals surface area contributed by atoms with Gasteiger partial charge in [-0.1, -0.05) is 29.8 Å².